The van der Waals surface area contributed by atoms with Gasteiger partial charge in [0.2, 0.25) is 0 Å². The van der Waals surface area contributed by atoms with Crippen LogP contribution in [-0.2, 0) is 13.1 Å². The lowest BCUT2D eigenvalue weighted by Crippen LogP contribution is -2.18. The van der Waals surface area contributed by atoms with Crippen LogP contribution >= 0.6 is 0 Å². The van der Waals surface area contributed by atoms with Gasteiger partial charge in [-0.3, -0.25) is 4.98 Å². The minimum Gasteiger partial charge on any atom is -0.478 e. The van der Waals surface area contributed by atoms with E-state index < -0.39 is 5.97 Å². The predicted molar refractivity (Wildman–Crippen MR) is 90.5 cm³/mol. The summed E-state index contributed by atoms with van der Waals surface area (Å²) in [4.78, 5) is 19.5. The van der Waals surface area contributed by atoms with Gasteiger partial charge in [0.05, 0.1) is 17.6 Å². The average Bonchev–Trinajstić information content (AvgIpc) is 3.09. The number of benzene rings is 1. The van der Waals surface area contributed by atoms with Gasteiger partial charge in [0.25, 0.3) is 0 Å². The molecular formula is C18H17FN4O2. The number of hydrogen-bond acceptors (Lipinski definition) is 4. The van der Waals surface area contributed by atoms with Gasteiger partial charge in [0.15, 0.2) is 0 Å². The Kier molecular flexibility index (Phi) is 5.15. The second kappa shape index (κ2) is 7.67. The van der Waals surface area contributed by atoms with E-state index in [1.165, 1.54) is 30.5 Å². The van der Waals surface area contributed by atoms with Crippen LogP contribution in [-0.4, -0.2) is 32.2 Å². The number of halogens is 1. The molecule has 0 atom stereocenters. The quantitative estimate of drug-likeness (QED) is 0.646. The number of carboxylic acids is 1. The maximum Gasteiger partial charge on any atom is 0.335 e. The molecule has 0 aliphatic rings. The summed E-state index contributed by atoms with van der Waals surface area (Å²) in [7, 11) is 0. The number of carboxylic acid groups (broad SMARTS) is 1. The second-order valence-corrected chi connectivity index (χ2v) is 5.53. The van der Waals surface area contributed by atoms with Crippen molar-refractivity contribution in [1.29, 1.82) is 0 Å². The fraction of sp³-hybridized carbons (Fsp3) is 0.167. The topological polar surface area (TPSA) is 80.0 Å². The number of aromatic nitrogens is 3. The number of nitrogens with one attached hydrogen (secondary N) is 1. The van der Waals surface area contributed by atoms with Crippen LogP contribution in [0.1, 0.15) is 15.9 Å². The maximum atomic E-state index is 12.8. The predicted octanol–water partition coefficient (Wildman–Crippen LogP) is 2.57. The Hall–Kier alpha value is -3.06. The highest BCUT2D eigenvalue weighted by atomic mass is 19.1. The molecule has 25 heavy (non-hydrogen) atoms. The molecule has 0 aliphatic carbocycles. The molecule has 0 spiro atoms. The van der Waals surface area contributed by atoms with Crippen LogP contribution in [0.2, 0.25) is 0 Å². The van der Waals surface area contributed by atoms with Gasteiger partial charge in [-0.1, -0.05) is 12.1 Å². The van der Waals surface area contributed by atoms with Crippen molar-refractivity contribution in [2.24, 2.45) is 0 Å². The van der Waals surface area contributed by atoms with Crippen molar-refractivity contribution in [2.45, 2.75) is 13.1 Å². The third kappa shape index (κ3) is 4.48. The summed E-state index contributed by atoms with van der Waals surface area (Å²) in [5.41, 5.74) is 2.35. The van der Waals surface area contributed by atoms with E-state index in [-0.39, 0.29) is 11.4 Å². The zero-order valence-electron chi connectivity index (χ0n) is 13.4. The second-order valence-electron chi connectivity index (χ2n) is 5.53. The first-order valence-corrected chi connectivity index (χ1v) is 7.78. The Labute approximate surface area is 144 Å². The highest BCUT2D eigenvalue weighted by Crippen LogP contribution is 2.15. The van der Waals surface area contributed by atoms with Crippen molar-refractivity contribution in [1.82, 2.24) is 19.9 Å². The molecule has 128 valence electrons. The number of aromatic carboxylic acids is 1. The third-order valence-electron chi connectivity index (χ3n) is 3.69. The lowest BCUT2D eigenvalue weighted by molar-refractivity contribution is 0.0697. The Morgan fingerprint density at radius 2 is 1.96 bits per heavy atom. The molecule has 0 saturated heterocycles. The van der Waals surface area contributed by atoms with Crippen molar-refractivity contribution in [3.63, 3.8) is 0 Å². The van der Waals surface area contributed by atoms with Gasteiger partial charge < -0.3 is 15.0 Å². The molecule has 2 heterocycles. The summed E-state index contributed by atoms with van der Waals surface area (Å²) in [6.07, 6.45) is 4.97. The van der Waals surface area contributed by atoms with E-state index in [9.17, 15) is 9.18 Å². The number of carbonyl (C=O) groups is 1. The van der Waals surface area contributed by atoms with Crippen molar-refractivity contribution >= 4 is 5.97 Å². The molecule has 0 aliphatic heterocycles. The fourth-order valence-corrected chi connectivity index (χ4v) is 2.36. The summed E-state index contributed by atoms with van der Waals surface area (Å²) in [5.74, 6) is -1.23. The molecular weight excluding hydrogens is 323 g/mol. The Morgan fingerprint density at radius 3 is 2.72 bits per heavy atom. The molecule has 0 amide bonds. The summed E-state index contributed by atoms with van der Waals surface area (Å²) < 4.78 is 14.7. The average molecular weight is 340 g/mol. The van der Waals surface area contributed by atoms with Crippen LogP contribution < -0.4 is 5.32 Å². The first-order valence-electron chi connectivity index (χ1n) is 7.78. The molecule has 0 saturated carbocycles. The van der Waals surface area contributed by atoms with Gasteiger partial charge in [0, 0.05) is 32.0 Å². The van der Waals surface area contributed by atoms with Crippen molar-refractivity contribution in [3.05, 3.63) is 72.1 Å². The van der Waals surface area contributed by atoms with Crippen LogP contribution in [0, 0.1) is 5.82 Å². The van der Waals surface area contributed by atoms with Gasteiger partial charge in [-0.25, -0.2) is 14.2 Å². The lowest BCUT2D eigenvalue weighted by Gasteiger charge is -2.05. The number of imidazole rings is 1. The molecule has 7 heteroatoms. The van der Waals surface area contributed by atoms with Crippen LogP contribution in [0.5, 0.6) is 0 Å². The molecule has 0 bridgehead atoms. The molecule has 6 nitrogen and oxygen atoms in total. The van der Waals surface area contributed by atoms with Crippen molar-refractivity contribution < 1.29 is 14.3 Å². The summed E-state index contributed by atoms with van der Waals surface area (Å²) in [6.45, 7) is 2.08. The van der Waals surface area contributed by atoms with E-state index >= 15 is 0 Å². The Morgan fingerprint density at radius 1 is 1.16 bits per heavy atom. The number of rotatable bonds is 7. The van der Waals surface area contributed by atoms with E-state index in [1.807, 2.05) is 10.8 Å². The van der Waals surface area contributed by atoms with E-state index in [1.54, 1.807) is 18.5 Å². The number of pyridine rings is 1. The zero-order valence-corrected chi connectivity index (χ0v) is 13.4. The molecule has 2 N–H and O–H groups in total. The molecule has 0 radical (unpaired) electrons. The van der Waals surface area contributed by atoms with Crippen LogP contribution in [0.15, 0.2) is 55.1 Å². The highest BCUT2D eigenvalue weighted by molar-refractivity contribution is 5.88. The van der Waals surface area contributed by atoms with E-state index in [2.05, 4.69) is 15.3 Å². The standard InChI is InChI=1S/C18H17FN4O2/c19-15-3-1-13(2-4-15)10-20-7-8-23-11-17(22-12-23)16-9-14(18(24)25)5-6-21-16/h1-6,9,11-12,20H,7-8,10H2,(H,24,25). The molecule has 3 rings (SSSR count). The SMILES string of the molecule is O=C(O)c1ccnc(-c2cn(CCNCc3ccc(F)cc3)cn2)c1. The smallest absolute Gasteiger partial charge is 0.335 e. The van der Waals surface area contributed by atoms with E-state index in [0.29, 0.717) is 24.5 Å². The minimum atomic E-state index is -0.993. The molecule has 1 aromatic carbocycles. The largest absolute Gasteiger partial charge is 0.478 e. The van der Waals surface area contributed by atoms with E-state index in [0.717, 1.165) is 12.1 Å². The first-order chi connectivity index (χ1) is 12.1. The number of hydrogen-bond donors (Lipinski definition) is 2. The monoisotopic (exact) mass is 340 g/mol. The normalized spacial score (nSPS) is 10.8. The summed E-state index contributed by atoms with van der Waals surface area (Å²) >= 11 is 0. The molecule has 0 fully saturated rings. The van der Waals surface area contributed by atoms with Gasteiger partial charge >= 0.3 is 5.97 Å². The maximum absolute atomic E-state index is 12.8. The van der Waals surface area contributed by atoms with Crippen molar-refractivity contribution in [2.75, 3.05) is 6.54 Å². The van der Waals surface area contributed by atoms with Gasteiger partial charge in [-0.2, -0.15) is 0 Å². The van der Waals surface area contributed by atoms with Crippen molar-refractivity contribution in [3.8, 4) is 11.4 Å². The summed E-state index contributed by atoms with van der Waals surface area (Å²) in [5, 5.41) is 12.3. The zero-order chi connectivity index (χ0) is 17.6. The Bertz CT molecular complexity index is 862. The van der Waals surface area contributed by atoms with Crippen LogP contribution in [0.3, 0.4) is 0 Å². The third-order valence-corrected chi connectivity index (χ3v) is 3.69. The number of nitrogens with zero attached hydrogens (tertiary/aromatic N) is 3. The van der Waals surface area contributed by atoms with Gasteiger partial charge in [-0.15, -0.1) is 0 Å². The van der Waals surface area contributed by atoms with Gasteiger partial charge in [-0.05, 0) is 29.8 Å². The summed E-state index contributed by atoms with van der Waals surface area (Å²) in [6, 6.07) is 9.33. The minimum absolute atomic E-state index is 0.181. The first kappa shape index (κ1) is 16.8. The van der Waals surface area contributed by atoms with Crippen LogP contribution in [0.4, 0.5) is 4.39 Å². The lowest BCUT2D eigenvalue weighted by atomic mass is 10.2. The van der Waals surface area contributed by atoms with E-state index in [4.69, 9.17) is 5.11 Å². The van der Waals surface area contributed by atoms with Gasteiger partial charge in [0.1, 0.15) is 11.5 Å². The molecule has 0 unspecified atom stereocenters. The fourth-order valence-electron chi connectivity index (χ4n) is 2.36. The molecule has 2 aromatic heterocycles. The Balaban J connectivity index is 1.54. The highest BCUT2D eigenvalue weighted by Gasteiger charge is 2.08. The molecule has 3 aromatic rings. The van der Waals surface area contributed by atoms with Crippen LogP contribution in [0.25, 0.3) is 11.4 Å².